The number of aromatic hydroxyl groups is 1. The summed E-state index contributed by atoms with van der Waals surface area (Å²) in [5, 5.41) is 16.4. The van der Waals surface area contributed by atoms with Gasteiger partial charge in [0.15, 0.2) is 5.76 Å². The van der Waals surface area contributed by atoms with Crippen LogP contribution in [0.5, 0.6) is 5.75 Å². The highest BCUT2D eigenvalue weighted by Crippen LogP contribution is 2.32. The highest BCUT2D eigenvalue weighted by atomic mass is 79.9. The van der Waals surface area contributed by atoms with Crippen molar-refractivity contribution in [2.45, 2.75) is 19.9 Å². The van der Waals surface area contributed by atoms with Gasteiger partial charge < -0.3 is 9.52 Å². The van der Waals surface area contributed by atoms with Crippen molar-refractivity contribution in [1.29, 1.82) is 0 Å². The van der Waals surface area contributed by atoms with Gasteiger partial charge >= 0.3 is 0 Å². The normalized spacial score (nSPS) is 12.6. The summed E-state index contributed by atoms with van der Waals surface area (Å²) < 4.78 is 8.46. The van der Waals surface area contributed by atoms with Crippen LogP contribution in [0.2, 0.25) is 0 Å². The Labute approximate surface area is 165 Å². The standard InChI is InChI=1S/C17H15Br2N3O2S/c1-10(2)21-17-22(14(9-25-17)15-4-3-5-24-15)20-8-11-6-12(18)16(23)13(19)7-11/h3-10,23H,1-2H3. The molecule has 0 aliphatic rings. The molecule has 0 bridgehead atoms. The van der Waals surface area contributed by atoms with Gasteiger partial charge in [-0.15, -0.1) is 11.3 Å². The molecule has 3 rings (SSSR count). The summed E-state index contributed by atoms with van der Waals surface area (Å²) in [5.41, 5.74) is 1.67. The predicted molar refractivity (Wildman–Crippen MR) is 107 cm³/mol. The number of phenolic OH excluding ortho intramolecular Hbond substituents is 1. The number of benzene rings is 1. The van der Waals surface area contributed by atoms with Crippen molar-refractivity contribution < 1.29 is 9.52 Å². The SMILES string of the molecule is CC(C)N=c1scc(-c2ccco2)n1N=Cc1cc(Br)c(O)c(Br)c1. The van der Waals surface area contributed by atoms with Gasteiger partial charge in [0.2, 0.25) is 4.80 Å². The molecule has 0 aliphatic heterocycles. The van der Waals surface area contributed by atoms with E-state index in [9.17, 15) is 5.11 Å². The monoisotopic (exact) mass is 483 g/mol. The van der Waals surface area contributed by atoms with Crippen molar-refractivity contribution in [3.8, 4) is 17.2 Å². The second kappa shape index (κ2) is 7.72. The summed E-state index contributed by atoms with van der Waals surface area (Å²) in [6, 6.07) is 7.47. The molecule has 2 aromatic heterocycles. The molecule has 0 spiro atoms. The van der Waals surface area contributed by atoms with Gasteiger partial charge in [-0.2, -0.15) is 5.10 Å². The van der Waals surface area contributed by atoms with E-state index in [1.807, 2.05) is 31.4 Å². The van der Waals surface area contributed by atoms with E-state index in [0.29, 0.717) is 8.95 Å². The highest BCUT2D eigenvalue weighted by molar-refractivity contribution is 9.11. The van der Waals surface area contributed by atoms with Gasteiger partial charge in [0.1, 0.15) is 11.4 Å². The average molecular weight is 485 g/mol. The minimum atomic E-state index is 0.154. The van der Waals surface area contributed by atoms with Crippen molar-refractivity contribution in [2.75, 3.05) is 0 Å². The number of halogens is 2. The van der Waals surface area contributed by atoms with E-state index in [2.05, 4.69) is 42.0 Å². The average Bonchev–Trinajstić information content (AvgIpc) is 3.19. The zero-order chi connectivity index (χ0) is 18.0. The molecule has 0 unspecified atom stereocenters. The summed E-state index contributed by atoms with van der Waals surface area (Å²) in [5.74, 6) is 0.888. The first-order valence-electron chi connectivity index (χ1n) is 7.46. The Kier molecular flexibility index (Phi) is 5.61. The van der Waals surface area contributed by atoms with Crippen LogP contribution in [-0.2, 0) is 0 Å². The number of hydrogen-bond donors (Lipinski definition) is 1. The third kappa shape index (κ3) is 4.13. The second-order valence-electron chi connectivity index (χ2n) is 5.49. The molecule has 0 aliphatic carbocycles. The molecule has 1 aromatic carbocycles. The van der Waals surface area contributed by atoms with Gasteiger partial charge in [-0.25, -0.2) is 4.68 Å². The van der Waals surface area contributed by atoms with Gasteiger partial charge in [0, 0.05) is 11.4 Å². The van der Waals surface area contributed by atoms with E-state index in [4.69, 9.17) is 4.42 Å². The molecule has 1 N–H and O–H groups in total. The van der Waals surface area contributed by atoms with E-state index in [1.54, 1.807) is 29.3 Å². The predicted octanol–water partition coefficient (Wildman–Crippen LogP) is 5.23. The fourth-order valence-corrected chi connectivity index (χ4v) is 4.27. The highest BCUT2D eigenvalue weighted by Gasteiger charge is 2.10. The lowest BCUT2D eigenvalue weighted by Crippen LogP contribution is -2.14. The number of furan rings is 1. The van der Waals surface area contributed by atoms with E-state index in [1.165, 1.54) is 11.3 Å². The topological polar surface area (TPSA) is 63.0 Å². The summed E-state index contributed by atoms with van der Waals surface area (Å²) in [6.07, 6.45) is 3.35. The Morgan fingerprint density at radius 3 is 2.60 bits per heavy atom. The third-order valence-electron chi connectivity index (χ3n) is 3.19. The Morgan fingerprint density at radius 1 is 1.28 bits per heavy atom. The minimum Gasteiger partial charge on any atom is -0.506 e. The molecule has 130 valence electrons. The molecule has 0 saturated carbocycles. The number of aromatic nitrogens is 1. The molecule has 25 heavy (non-hydrogen) atoms. The van der Waals surface area contributed by atoms with Crippen LogP contribution in [0.3, 0.4) is 0 Å². The third-order valence-corrected chi connectivity index (χ3v) is 5.23. The lowest BCUT2D eigenvalue weighted by atomic mass is 10.2. The maximum absolute atomic E-state index is 9.83. The molecule has 0 atom stereocenters. The van der Waals surface area contributed by atoms with Crippen molar-refractivity contribution in [1.82, 2.24) is 4.68 Å². The Bertz CT molecular complexity index is 949. The van der Waals surface area contributed by atoms with Crippen molar-refractivity contribution >= 4 is 49.4 Å². The number of thiazole rings is 1. The van der Waals surface area contributed by atoms with Crippen LogP contribution >= 0.6 is 43.2 Å². The maximum Gasteiger partial charge on any atom is 0.206 e. The molecule has 0 amide bonds. The molecule has 0 fully saturated rings. The summed E-state index contributed by atoms with van der Waals surface area (Å²) >= 11 is 8.17. The van der Waals surface area contributed by atoms with E-state index < -0.39 is 0 Å². The molecule has 2 heterocycles. The Balaban J connectivity index is 2.08. The maximum atomic E-state index is 9.83. The molecule has 8 heteroatoms. The first kappa shape index (κ1) is 18.2. The zero-order valence-corrected chi connectivity index (χ0v) is 17.5. The van der Waals surface area contributed by atoms with E-state index in [-0.39, 0.29) is 11.8 Å². The number of phenols is 1. The van der Waals surface area contributed by atoms with Crippen molar-refractivity contribution in [2.24, 2.45) is 10.1 Å². The van der Waals surface area contributed by atoms with Gasteiger partial charge in [-0.05, 0) is 75.5 Å². The van der Waals surface area contributed by atoms with Gasteiger partial charge in [0.05, 0.1) is 21.4 Å². The zero-order valence-electron chi connectivity index (χ0n) is 13.5. The molecule has 0 radical (unpaired) electrons. The second-order valence-corrected chi connectivity index (χ2v) is 8.04. The molecular weight excluding hydrogens is 470 g/mol. The van der Waals surface area contributed by atoms with Crippen LogP contribution in [0, 0.1) is 0 Å². The van der Waals surface area contributed by atoms with Crippen molar-refractivity contribution in [3.05, 3.63) is 55.2 Å². The molecule has 5 nitrogen and oxygen atoms in total. The lowest BCUT2D eigenvalue weighted by Gasteiger charge is -2.04. The fourth-order valence-electron chi connectivity index (χ4n) is 2.10. The number of rotatable bonds is 4. The summed E-state index contributed by atoms with van der Waals surface area (Å²) in [7, 11) is 0. The molecule has 3 aromatic rings. The summed E-state index contributed by atoms with van der Waals surface area (Å²) in [4.78, 5) is 5.41. The van der Waals surface area contributed by atoms with Crippen LogP contribution in [0.1, 0.15) is 19.4 Å². The Morgan fingerprint density at radius 2 is 2.00 bits per heavy atom. The van der Waals surface area contributed by atoms with Crippen LogP contribution in [0.25, 0.3) is 11.5 Å². The fraction of sp³-hybridized carbons (Fsp3) is 0.176. The van der Waals surface area contributed by atoms with E-state index in [0.717, 1.165) is 21.8 Å². The van der Waals surface area contributed by atoms with Crippen LogP contribution in [-0.4, -0.2) is 22.0 Å². The summed E-state index contributed by atoms with van der Waals surface area (Å²) in [6.45, 7) is 4.04. The van der Waals surface area contributed by atoms with E-state index >= 15 is 0 Å². The van der Waals surface area contributed by atoms with Crippen LogP contribution < -0.4 is 4.80 Å². The minimum absolute atomic E-state index is 0.154. The number of hydrogen-bond acceptors (Lipinski definition) is 5. The van der Waals surface area contributed by atoms with Gasteiger partial charge in [-0.3, -0.25) is 4.99 Å². The first-order valence-corrected chi connectivity index (χ1v) is 9.93. The van der Waals surface area contributed by atoms with Gasteiger partial charge in [0.25, 0.3) is 0 Å². The van der Waals surface area contributed by atoms with Crippen LogP contribution in [0.4, 0.5) is 0 Å². The quantitative estimate of drug-likeness (QED) is 0.515. The molecular formula is C17H15Br2N3O2S. The van der Waals surface area contributed by atoms with Crippen LogP contribution in [0.15, 0.2) is 59.4 Å². The Hall–Kier alpha value is -1.64. The lowest BCUT2D eigenvalue weighted by molar-refractivity contribution is 0.468. The largest absolute Gasteiger partial charge is 0.506 e. The molecule has 0 saturated heterocycles. The van der Waals surface area contributed by atoms with Gasteiger partial charge in [-0.1, -0.05) is 0 Å². The smallest absolute Gasteiger partial charge is 0.206 e. The first-order chi connectivity index (χ1) is 12.0. The van der Waals surface area contributed by atoms with Crippen molar-refractivity contribution in [3.63, 3.8) is 0 Å². The number of nitrogens with zero attached hydrogens (tertiary/aromatic N) is 3.